The zero-order chi connectivity index (χ0) is 16.9. The first-order valence-electron chi connectivity index (χ1n) is 7.68. The van der Waals surface area contributed by atoms with E-state index in [4.69, 9.17) is 5.73 Å². The van der Waals surface area contributed by atoms with E-state index in [1.165, 1.54) is 11.8 Å². The average Bonchev–Trinajstić information content (AvgIpc) is 2.96. The lowest BCUT2D eigenvalue weighted by molar-refractivity contribution is -0.125. The van der Waals surface area contributed by atoms with Crippen molar-refractivity contribution in [2.75, 3.05) is 11.9 Å². The van der Waals surface area contributed by atoms with Gasteiger partial charge < -0.3 is 15.6 Å². The number of carbonyl (C=O) groups excluding carboxylic acids is 1. The molecule has 1 aromatic heterocycles. The second kappa shape index (κ2) is 7.61. The molecule has 2 aromatic rings. The molecule has 3 N–H and O–H groups in total. The first-order chi connectivity index (χ1) is 11.0. The fourth-order valence-electron chi connectivity index (χ4n) is 2.29. The molecule has 124 valence electrons. The normalized spacial score (nSPS) is 11.5. The molecule has 2 rings (SSSR count). The zero-order valence-electron chi connectivity index (χ0n) is 13.7. The Morgan fingerprint density at radius 3 is 2.43 bits per heavy atom. The summed E-state index contributed by atoms with van der Waals surface area (Å²) in [7, 11) is 1.90. The summed E-state index contributed by atoms with van der Waals surface area (Å²) in [6, 6.07) is 7.69. The fourth-order valence-corrected chi connectivity index (χ4v) is 3.05. The first-order valence-corrected chi connectivity index (χ1v) is 8.49. The third kappa shape index (κ3) is 3.92. The van der Waals surface area contributed by atoms with Crippen LogP contribution in [0.25, 0.3) is 0 Å². The maximum absolute atomic E-state index is 12.5. The number of amides is 1. The molecule has 0 unspecified atom stereocenters. The van der Waals surface area contributed by atoms with Crippen molar-refractivity contribution in [1.82, 2.24) is 14.8 Å². The summed E-state index contributed by atoms with van der Waals surface area (Å²) in [5, 5.41) is 11.7. The van der Waals surface area contributed by atoms with E-state index in [-0.39, 0.29) is 5.91 Å². The number of benzene rings is 1. The average molecular weight is 333 g/mol. The van der Waals surface area contributed by atoms with Crippen molar-refractivity contribution in [3.05, 3.63) is 30.6 Å². The van der Waals surface area contributed by atoms with Gasteiger partial charge in [-0.05, 0) is 48.9 Å². The van der Waals surface area contributed by atoms with Crippen molar-refractivity contribution >= 4 is 23.4 Å². The number of aryl methyl sites for hydroxylation is 1. The van der Waals surface area contributed by atoms with E-state index in [0.29, 0.717) is 6.54 Å². The number of hydrogen-bond donors (Lipinski definition) is 2. The maximum atomic E-state index is 12.5. The van der Waals surface area contributed by atoms with Crippen LogP contribution in [-0.4, -0.2) is 27.2 Å². The van der Waals surface area contributed by atoms with Gasteiger partial charge in [0.2, 0.25) is 5.91 Å². The number of nitrogens with one attached hydrogen (secondary N) is 1. The summed E-state index contributed by atoms with van der Waals surface area (Å²) in [5.74, 6) is -0.0151. The molecule has 0 aliphatic heterocycles. The van der Waals surface area contributed by atoms with Crippen LogP contribution < -0.4 is 11.1 Å². The van der Waals surface area contributed by atoms with Gasteiger partial charge in [0.1, 0.15) is 6.33 Å². The summed E-state index contributed by atoms with van der Waals surface area (Å²) in [6.07, 6.45) is 3.12. The van der Waals surface area contributed by atoms with Crippen molar-refractivity contribution in [2.45, 2.75) is 36.7 Å². The van der Waals surface area contributed by atoms with Crippen LogP contribution in [0.15, 0.2) is 40.6 Å². The van der Waals surface area contributed by atoms with Crippen LogP contribution in [0.4, 0.5) is 5.69 Å². The smallest absolute Gasteiger partial charge is 0.231 e. The minimum atomic E-state index is -0.494. The Hall–Kier alpha value is -1.86. The highest BCUT2D eigenvalue weighted by molar-refractivity contribution is 7.99. The number of aromatic nitrogens is 3. The van der Waals surface area contributed by atoms with Gasteiger partial charge in [-0.3, -0.25) is 4.79 Å². The number of nitrogens with two attached hydrogens (primary N) is 1. The van der Waals surface area contributed by atoms with Crippen molar-refractivity contribution in [3.63, 3.8) is 0 Å². The zero-order valence-corrected chi connectivity index (χ0v) is 14.6. The van der Waals surface area contributed by atoms with Crippen LogP contribution in [0.5, 0.6) is 0 Å². The minimum absolute atomic E-state index is 0.0151. The van der Waals surface area contributed by atoms with E-state index in [0.717, 1.165) is 28.6 Å². The number of hydrogen-bond acceptors (Lipinski definition) is 5. The van der Waals surface area contributed by atoms with Gasteiger partial charge in [-0.25, -0.2) is 0 Å². The van der Waals surface area contributed by atoms with Crippen LogP contribution in [0.1, 0.15) is 26.7 Å². The predicted molar refractivity (Wildman–Crippen MR) is 92.3 cm³/mol. The molecule has 0 spiro atoms. The molecular formula is C16H23N5OS. The molecule has 7 heteroatoms. The van der Waals surface area contributed by atoms with E-state index < -0.39 is 5.41 Å². The van der Waals surface area contributed by atoms with E-state index in [1.807, 2.05) is 49.7 Å². The number of rotatable bonds is 7. The third-order valence-corrected chi connectivity index (χ3v) is 5.28. The van der Waals surface area contributed by atoms with Gasteiger partial charge in [0, 0.05) is 24.2 Å². The van der Waals surface area contributed by atoms with Gasteiger partial charge in [-0.1, -0.05) is 13.8 Å². The molecule has 23 heavy (non-hydrogen) atoms. The highest BCUT2D eigenvalue weighted by atomic mass is 32.2. The Morgan fingerprint density at radius 2 is 1.96 bits per heavy atom. The van der Waals surface area contributed by atoms with E-state index >= 15 is 0 Å². The summed E-state index contributed by atoms with van der Waals surface area (Å²) >= 11 is 1.52. The number of anilines is 1. The molecule has 1 aromatic carbocycles. The Morgan fingerprint density at radius 1 is 1.30 bits per heavy atom. The molecular weight excluding hydrogens is 310 g/mol. The Bertz CT molecular complexity index is 640. The van der Waals surface area contributed by atoms with Gasteiger partial charge in [-0.15, -0.1) is 10.2 Å². The summed E-state index contributed by atoms with van der Waals surface area (Å²) in [6.45, 7) is 4.35. The van der Waals surface area contributed by atoms with Gasteiger partial charge >= 0.3 is 0 Å². The molecule has 0 bridgehead atoms. The fraction of sp³-hybridized carbons (Fsp3) is 0.438. The number of nitrogens with zero attached hydrogens (tertiary/aromatic N) is 3. The lowest BCUT2D eigenvalue weighted by Gasteiger charge is -2.28. The Kier molecular flexibility index (Phi) is 5.79. The van der Waals surface area contributed by atoms with Crippen LogP contribution >= 0.6 is 11.8 Å². The second-order valence-corrected chi connectivity index (χ2v) is 6.54. The van der Waals surface area contributed by atoms with Gasteiger partial charge in [0.25, 0.3) is 0 Å². The van der Waals surface area contributed by atoms with E-state index in [2.05, 4.69) is 15.5 Å². The molecule has 0 radical (unpaired) electrons. The second-order valence-electron chi connectivity index (χ2n) is 5.50. The molecule has 0 aliphatic carbocycles. The van der Waals surface area contributed by atoms with E-state index in [9.17, 15) is 4.79 Å². The summed E-state index contributed by atoms with van der Waals surface area (Å²) in [5.41, 5.74) is 6.10. The molecule has 0 saturated carbocycles. The quantitative estimate of drug-likeness (QED) is 0.813. The van der Waals surface area contributed by atoms with Crippen LogP contribution in [-0.2, 0) is 11.8 Å². The summed E-state index contributed by atoms with van der Waals surface area (Å²) < 4.78 is 1.86. The minimum Gasteiger partial charge on any atom is -0.329 e. The Balaban J connectivity index is 2.05. The van der Waals surface area contributed by atoms with Crippen LogP contribution in [0.3, 0.4) is 0 Å². The van der Waals surface area contributed by atoms with Crippen LogP contribution in [0, 0.1) is 5.41 Å². The lowest BCUT2D eigenvalue weighted by Crippen LogP contribution is -2.41. The van der Waals surface area contributed by atoms with Crippen molar-refractivity contribution in [2.24, 2.45) is 18.2 Å². The van der Waals surface area contributed by atoms with Crippen molar-refractivity contribution in [1.29, 1.82) is 0 Å². The highest BCUT2D eigenvalue weighted by Crippen LogP contribution is 2.29. The van der Waals surface area contributed by atoms with Gasteiger partial charge in [-0.2, -0.15) is 0 Å². The SMILES string of the molecule is CCC(CC)(CN)C(=O)Nc1ccc(Sc2nncn2C)cc1. The largest absolute Gasteiger partial charge is 0.329 e. The van der Waals surface area contributed by atoms with Crippen molar-refractivity contribution in [3.8, 4) is 0 Å². The van der Waals surface area contributed by atoms with Crippen molar-refractivity contribution < 1.29 is 4.79 Å². The third-order valence-electron chi connectivity index (χ3n) is 4.22. The molecule has 0 fully saturated rings. The molecule has 0 aliphatic rings. The van der Waals surface area contributed by atoms with Crippen LogP contribution in [0.2, 0.25) is 0 Å². The summed E-state index contributed by atoms with van der Waals surface area (Å²) in [4.78, 5) is 13.5. The highest BCUT2D eigenvalue weighted by Gasteiger charge is 2.33. The lowest BCUT2D eigenvalue weighted by atomic mass is 9.81. The Labute approximate surface area is 140 Å². The van der Waals surface area contributed by atoms with Gasteiger partial charge in [0.05, 0.1) is 5.41 Å². The monoisotopic (exact) mass is 333 g/mol. The molecule has 1 heterocycles. The first kappa shape index (κ1) is 17.5. The topological polar surface area (TPSA) is 85.8 Å². The standard InChI is InChI=1S/C16H23N5OS/c1-4-16(5-2,10-17)14(22)19-12-6-8-13(9-7-12)23-15-20-18-11-21(15)3/h6-9,11H,4-5,10,17H2,1-3H3,(H,19,22). The molecule has 6 nitrogen and oxygen atoms in total. The maximum Gasteiger partial charge on any atom is 0.231 e. The molecule has 0 atom stereocenters. The van der Waals surface area contributed by atoms with Gasteiger partial charge in [0.15, 0.2) is 5.16 Å². The molecule has 1 amide bonds. The predicted octanol–water partition coefficient (Wildman–Crippen LogP) is 2.67. The number of carbonyl (C=O) groups is 1. The molecule has 0 saturated heterocycles. The van der Waals surface area contributed by atoms with E-state index in [1.54, 1.807) is 6.33 Å².